The molecular weight excluding hydrogens is 348 g/mol. The summed E-state index contributed by atoms with van der Waals surface area (Å²) in [6.45, 7) is 11.4. The molecule has 0 radical (unpaired) electrons. The summed E-state index contributed by atoms with van der Waals surface area (Å²) in [6.07, 6.45) is 4.10. The van der Waals surface area contributed by atoms with Crippen LogP contribution in [0.1, 0.15) is 30.4 Å². The Morgan fingerprint density at radius 1 is 0.929 bits per heavy atom. The van der Waals surface area contributed by atoms with Gasteiger partial charge in [-0.2, -0.15) is 0 Å². The van der Waals surface area contributed by atoms with Crippen LogP contribution >= 0.6 is 0 Å². The molecule has 6 nitrogen and oxygen atoms in total. The summed E-state index contributed by atoms with van der Waals surface area (Å²) in [4.78, 5) is 12.2. The molecule has 154 valence electrons. The Balaban J connectivity index is 1.20. The van der Waals surface area contributed by atoms with E-state index in [9.17, 15) is 0 Å². The Kier molecular flexibility index (Phi) is 6.83. The van der Waals surface area contributed by atoms with E-state index in [1.165, 1.54) is 76.2 Å². The Morgan fingerprint density at radius 3 is 2.29 bits per heavy atom. The number of hydrogen-bond donors (Lipinski definition) is 2. The van der Waals surface area contributed by atoms with Crippen molar-refractivity contribution in [3.63, 3.8) is 0 Å². The molecule has 2 N–H and O–H groups in total. The summed E-state index contributed by atoms with van der Waals surface area (Å²) in [7, 11) is 1.86. The summed E-state index contributed by atoms with van der Waals surface area (Å²) in [5.41, 5.74) is 2.72. The molecule has 1 atom stereocenters. The first-order chi connectivity index (χ1) is 13.8. The van der Waals surface area contributed by atoms with Gasteiger partial charge in [-0.05, 0) is 37.1 Å². The lowest BCUT2D eigenvalue weighted by molar-refractivity contribution is 0.0154. The molecule has 1 aromatic rings. The Morgan fingerprint density at radius 2 is 1.64 bits per heavy atom. The largest absolute Gasteiger partial charge is 0.355 e. The van der Waals surface area contributed by atoms with Gasteiger partial charge in [-0.3, -0.25) is 19.7 Å². The molecule has 0 amide bonds. The molecule has 6 heteroatoms. The molecular formula is C22H36N6. The van der Waals surface area contributed by atoms with Gasteiger partial charge in [0.05, 0.1) is 0 Å². The highest BCUT2D eigenvalue weighted by molar-refractivity contribution is 5.79. The molecule has 0 aliphatic carbocycles. The zero-order chi connectivity index (χ0) is 19.2. The fourth-order valence-electron chi connectivity index (χ4n) is 4.68. The third-order valence-electron chi connectivity index (χ3n) is 6.46. The van der Waals surface area contributed by atoms with Crippen LogP contribution in [0.2, 0.25) is 0 Å². The highest BCUT2D eigenvalue weighted by Crippen LogP contribution is 2.15. The zero-order valence-electron chi connectivity index (χ0n) is 17.4. The first-order valence-corrected chi connectivity index (χ1v) is 11.0. The van der Waals surface area contributed by atoms with Gasteiger partial charge in [0.2, 0.25) is 0 Å². The number of guanidine groups is 1. The minimum absolute atomic E-state index is 0.607. The van der Waals surface area contributed by atoms with E-state index in [2.05, 4.69) is 54.6 Å². The number of piperazine rings is 3. The Hall–Kier alpha value is -1.63. The minimum atomic E-state index is 0.607. The number of piperidine rings is 1. The van der Waals surface area contributed by atoms with Gasteiger partial charge < -0.3 is 10.6 Å². The van der Waals surface area contributed by atoms with Gasteiger partial charge in [-0.15, -0.1) is 0 Å². The predicted octanol–water partition coefficient (Wildman–Crippen LogP) is 1.34. The van der Waals surface area contributed by atoms with Crippen molar-refractivity contribution in [3.8, 4) is 0 Å². The number of rotatable bonds is 6. The maximum absolute atomic E-state index is 4.40. The van der Waals surface area contributed by atoms with E-state index in [-0.39, 0.29) is 0 Å². The van der Waals surface area contributed by atoms with E-state index in [1.807, 2.05) is 7.05 Å². The van der Waals surface area contributed by atoms with Crippen LogP contribution in [0.5, 0.6) is 0 Å². The highest BCUT2D eigenvalue weighted by atomic mass is 15.4. The Bertz CT molecular complexity index is 629. The molecule has 1 unspecified atom stereocenters. The monoisotopic (exact) mass is 384 g/mol. The van der Waals surface area contributed by atoms with Crippen LogP contribution in [0.25, 0.3) is 0 Å². The molecule has 4 aliphatic rings. The summed E-state index contributed by atoms with van der Waals surface area (Å²) >= 11 is 0. The van der Waals surface area contributed by atoms with Crippen LogP contribution in [0.4, 0.5) is 0 Å². The normalized spacial score (nSPS) is 28.3. The maximum atomic E-state index is 4.40. The van der Waals surface area contributed by atoms with Gasteiger partial charge in [-0.25, -0.2) is 0 Å². The lowest BCUT2D eigenvalue weighted by atomic mass is 10.1. The topological polar surface area (TPSA) is 46.1 Å². The summed E-state index contributed by atoms with van der Waals surface area (Å²) in [6, 6.07) is 9.66. The molecule has 5 rings (SSSR count). The summed E-state index contributed by atoms with van der Waals surface area (Å²) in [5.74, 6) is 0.898. The fourth-order valence-corrected chi connectivity index (χ4v) is 4.68. The third kappa shape index (κ3) is 5.25. The van der Waals surface area contributed by atoms with Gasteiger partial charge in [0.25, 0.3) is 0 Å². The van der Waals surface area contributed by atoms with E-state index in [0.29, 0.717) is 6.04 Å². The lowest BCUT2D eigenvalue weighted by Crippen LogP contribution is -2.63. The molecule has 0 saturated carbocycles. The van der Waals surface area contributed by atoms with E-state index in [0.717, 1.165) is 25.6 Å². The van der Waals surface area contributed by atoms with Crippen LogP contribution in [0.15, 0.2) is 29.3 Å². The van der Waals surface area contributed by atoms with Crippen molar-refractivity contribution < 1.29 is 0 Å². The second kappa shape index (κ2) is 9.72. The smallest absolute Gasteiger partial charge is 0.191 e. The first kappa shape index (κ1) is 19.7. The number of likely N-dealkylation sites (tertiary alicyclic amines) is 1. The van der Waals surface area contributed by atoms with Crippen LogP contribution in [0.3, 0.4) is 0 Å². The lowest BCUT2D eigenvalue weighted by Gasteiger charge is -2.47. The molecule has 4 saturated heterocycles. The first-order valence-electron chi connectivity index (χ1n) is 11.0. The van der Waals surface area contributed by atoms with Crippen LogP contribution < -0.4 is 10.6 Å². The zero-order valence-corrected chi connectivity index (χ0v) is 17.4. The van der Waals surface area contributed by atoms with Gasteiger partial charge >= 0.3 is 0 Å². The third-order valence-corrected chi connectivity index (χ3v) is 6.46. The molecule has 4 heterocycles. The van der Waals surface area contributed by atoms with E-state index in [1.54, 1.807) is 0 Å². The fraction of sp³-hybridized carbons (Fsp3) is 0.682. The van der Waals surface area contributed by atoms with Crippen molar-refractivity contribution in [1.82, 2.24) is 25.3 Å². The van der Waals surface area contributed by atoms with Crippen molar-refractivity contribution in [2.75, 3.05) is 59.4 Å². The van der Waals surface area contributed by atoms with Gasteiger partial charge in [0.1, 0.15) is 0 Å². The van der Waals surface area contributed by atoms with E-state index >= 15 is 0 Å². The van der Waals surface area contributed by atoms with Crippen molar-refractivity contribution in [1.29, 1.82) is 0 Å². The van der Waals surface area contributed by atoms with Crippen molar-refractivity contribution in [2.45, 2.75) is 38.4 Å². The number of nitrogens with one attached hydrogen (secondary N) is 2. The van der Waals surface area contributed by atoms with Crippen LogP contribution in [0, 0.1) is 0 Å². The Labute approximate surface area is 170 Å². The number of aliphatic imine (C=N–C) groups is 1. The maximum Gasteiger partial charge on any atom is 0.191 e. The van der Waals surface area contributed by atoms with Gasteiger partial charge in [-0.1, -0.05) is 30.7 Å². The molecule has 0 spiro atoms. The quantitative estimate of drug-likeness (QED) is 0.573. The second-order valence-electron chi connectivity index (χ2n) is 8.45. The van der Waals surface area contributed by atoms with Gasteiger partial charge in [0, 0.05) is 65.4 Å². The average molecular weight is 385 g/mol. The molecule has 1 aromatic carbocycles. The molecule has 4 aliphatic heterocycles. The van der Waals surface area contributed by atoms with Crippen LogP contribution in [-0.2, 0) is 13.1 Å². The molecule has 28 heavy (non-hydrogen) atoms. The highest BCUT2D eigenvalue weighted by Gasteiger charge is 2.31. The number of nitrogens with zero attached hydrogens (tertiary/aromatic N) is 4. The predicted molar refractivity (Wildman–Crippen MR) is 116 cm³/mol. The van der Waals surface area contributed by atoms with Crippen molar-refractivity contribution >= 4 is 5.96 Å². The van der Waals surface area contributed by atoms with Crippen molar-refractivity contribution in [3.05, 3.63) is 35.4 Å². The standard InChI is InChI=1S/C22H36N6/c1-23-22(25-16-21-18-27-11-13-28(21)14-12-27)24-15-19-5-7-20(8-6-19)17-26-9-3-2-4-10-26/h5-8,21H,2-4,9-18H2,1H3,(H2,23,24,25). The number of hydrogen-bond acceptors (Lipinski definition) is 4. The number of fused-ring (bicyclic) bond motifs is 3. The van der Waals surface area contributed by atoms with E-state index < -0.39 is 0 Å². The molecule has 4 fully saturated rings. The molecule has 0 aromatic heterocycles. The second-order valence-corrected chi connectivity index (χ2v) is 8.45. The van der Waals surface area contributed by atoms with E-state index in [4.69, 9.17) is 0 Å². The SMILES string of the molecule is CN=C(NCc1ccc(CN2CCCCC2)cc1)NCC1CN2CCN1CC2. The summed E-state index contributed by atoms with van der Waals surface area (Å²) in [5, 5.41) is 6.99. The average Bonchev–Trinajstić information content (AvgIpc) is 2.76. The van der Waals surface area contributed by atoms with Gasteiger partial charge in [0.15, 0.2) is 5.96 Å². The van der Waals surface area contributed by atoms with Crippen molar-refractivity contribution in [2.24, 2.45) is 4.99 Å². The number of benzene rings is 1. The minimum Gasteiger partial charge on any atom is -0.355 e. The van der Waals surface area contributed by atoms with Crippen LogP contribution in [-0.4, -0.2) is 86.1 Å². The summed E-state index contributed by atoms with van der Waals surface area (Å²) < 4.78 is 0. The molecule has 2 bridgehead atoms.